The first kappa shape index (κ1) is 18.9. The highest BCUT2D eigenvalue weighted by Crippen LogP contribution is 2.23. The highest BCUT2D eigenvalue weighted by atomic mass is 35.5. The standard InChI is InChI=1S/C18H20N4O2.ClH/c1-12-3-2-4-16(7-12)22-17-8-15(6-5-13(17)10-20-22)21-18(24)14(9-19)11-23;/h2-8,10,14,23H,9,11,19H2,1H3,(H,21,24);1H/t14-;/m1./s1. The fourth-order valence-corrected chi connectivity index (χ4v) is 2.57. The Morgan fingerprint density at radius 1 is 1.32 bits per heavy atom. The lowest BCUT2D eigenvalue weighted by Crippen LogP contribution is -2.31. The monoisotopic (exact) mass is 360 g/mol. The first-order valence-electron chi connectivity index (χ1n) is 7.79. The molecule has 1 heterocycles. The molecule has 0 aliphatic heterocycles. The molecule has 3 rings (SSSR count). The van der Waals surface area contributed by atoms with Crippen LogP contribution in [0.25, 0.3) is 16.6 Å². The Labute approximate surface area is 152 Å². The van der Waals surface area contributed by atoms with Crippen LogP contribution in [-0.2, 0) is 4.79 Å². The average molecular weight is 361 g/mol. The molecular weight excluding hydrogens is 340 g/mol. The van der Waals surface area contributed by atoms with Crippen molar-refractivity contribution >= 4 is 34.9 Å². The van der Waals surface area contributed by atoms with E-state index in [-0.39, 0.29) is 31.5 Å². The maximum Gasteiger partial charge on any atom is 0.231 e. The molecule has 0 saturated carbocycles. The lowest BCUT2D eigenvalue weighted by molar-refractivity contribution is -0.120. The van der Waals surface area contributed by atoms with Crippen LogP contribution < -0.4 is 11.1 Å². The zero-order chi connectivity index (χ0) is 17.1. The van der Waals surface area contributed by atoms with Gasteiger partial charge >= 0.3 is 0 Å². The predicted octanol–water partition coefficient (Wildman–Crippen LogP) is 2.26. The summed E-state index contributed by atoms with van der Waals surface area (Å²) in [6, 6.07) is 13.6. The summed E-state index contributed by atoms with van der Waals surface area (Å²) in [5, 5.41) is 17.4. The number of hydrogen-bond acceptors (Lipinski definition) is 4. The lowest BCUT2D eigenvalue weighted by Gasteiger charge is -2.12. The number of nitrogens with one attached hydrogen (secondary N) is 1. The smallest absolute Gasteiger partial charge is 0.231 e. The predicted molar refractivity (Wildman–Crippen MR) is 101 cm³/mol. The number of halogens is 1. The minimum atomic E-state index is -0.609. The van der Waals surface area contributed by atoms with E-state index in [0.717, 1.165) is 22.2 Å². The number of aliphatic hydroxyl groups excluding tert-OH is 1. The molecule has 2 aromatic carbocycles. The molecule has 0 bridgehead atoms. The summed E-state index contributed by atoms with van der Waals surface area (Å²) < 4.78 is 1.84. The quantitative estimate of drug-likeness (QED) is 0.650. The van der Waals surface area contributed by atoms with E-state index in [0.29, 0.717) is 5.69 Å². The molecule has 0 aliphatic rings. The van der Waals surface area contributed by atoms with E-state index in [2.05, 4.69) is 10.4 Å². The van der Waals surface area contributed by atoms with E-state index in [1.54, 1.807) is 6.20 Å². The lowest BCUT2D eigenvalue weighted by atomic mass is 10.1. The third-order valence-corrected chi connectivity index (χ3v) is 3.96. The number of anilines is 1. The van der Waals surface area contributed by atoms with Gasteiger partial charge in [0.1, 0.15) is 0 Å². The van der Waals surface area contributed by atoms with Gasteiger partial charge in [0.15, 0.2) is 0 Å². The zero-order valence-corrected chi connectivity index (χ0v) is 14.7. The third kappa shape index (κ3) is 3.99. The molecule has 132 valence electrons. The highest BCUT2D eigenvalue weighted by Gasteiger charge is 2.16. The Balaban J connectivity index is 0.00000225. The number of aromatic nitrogens is 2. The summed E-state index contributed by atoms with van der Waals surface area (Å²) in [6.45, 7) is 1.86. The van der Waals surface area contributed by atoms with Gasteiger partial charge in [-0.25, -0.2) is 4.68 Å². The number of fused-ring (bicyclic) bond motifs is 1. The van der Waals surface area contributed by atoms with Gasteiger partial charge in [0.2, 0.25) is 5.91 Å². The Morgan fingerprint density at radius 2 is 2.12 bits per heavy atom. The fraction of sp³-hybridized carbons (Fsp3) is 0.222. The van der Waals surface area contributed by atoms with Gasteiger partial charge < -0.3 is 16.2 Å². The van der Waals surface area contributed by atoms with Crippen LogP contribution in [0.2, 0.25) is 0 Å². The van der Waals surface area contributed by atoms with Crippen LogP contribution in [0.5, 0.6) is 0 Å². The van der Waals surface area contributed by atoms with Crippen molar-refractivity contribution in [3.63, 3.8) is 0 Å². The van der Waals surface area contributed by atoms with Crippen LogP contribution in [0.3, 0.4) is 0 Å². The third-order valence-electron chi connectivity index (χ3n) is 3.96. The SMILES string of the molecule is Cc1cccc(-n2ncc3ccc(NC(=O)[C@H](CN)CO)cc32)c1.Cl. The number of benzene rings is 2. The van der Waals surface area contributed by atoms with Gasteiger partial charge in [-0.15, -0.1) is 12.4 Å². The molecular formula is C18H21ClN4O2. The van der Waals surface area contributed by atoms with Crippen LogP contribution >= 0.6 is 12.4 Å². The van der Waals surface area contributed by atoms with Crippen molar-refractivity contribution in [1.29, 1.82) is 0 Å². The van der Waals surface area contributed by atoms with E-state index >= 15 is 0 Å². The zero-order valence-electron chi connectivity index (χ0n) is 13.8. The number of nitrogens with two attached hydrogens (primary N) is 1. The summed E-state index contributed by atoms with van der Waals surface area (Å²) in [5.41, 5.74) is 9.14. The molecule has 25 heavy (non-hydrogen) atoms. The van der Waals surface area contributed by atoms with Gasteiger partial charge in [0, 0.05) is 17.6 Å². The second kappa shape index (κ2) is 8.11. The molecule has 7 heteroatoms. The van der Waals surface area contributed by atoms with Crippen molar-refractivity contribution in [1.82, 2.24) is 9.78 Å². The van der Waals surface area contributed by atoms with E-state index in [1.807, 2.05) is 54.1 Å². The summed E-state index contributed by atoms with van der Waals surface area (Å²) >= 11 is 0. The molecule has 1 atom stereocenters. The van der Waals surface area contributed by atoms with Crippen LogP contribution in [0.1, 0.15) is 5.56 Å². The van der Waals surface area contributed by atoms with Gasteiger partial charge in [-0.3, -0.25) is 4.79 Å². The highest BCUT2D eigenvalue weighted by molar-refractivity contribution is 5.95. The Kier molecular flexibility index (Phi) is 6.14. The molecule has 4 N–H and O–H groups in total. The van der Waals surface area contributed by atoms with Gasteiger partial charge in [-0.2, -0.15) is 5.10 Å². The number of carbonyl (C=O) groups excluding carboxylic acids is 1. The summed E-state index contributed by atoms with van der Waals surface area (Å²) in [6.07, 6.45) is 1.79. The van der Waals surface area contributed by atoms with Gasteiger partial charge in [-0.1, -0.05) is 12.1 Å². The summed E-state index contributed by atoms with van der Waals surface area (Å²) in [7, 11) is 0. The molecule has 0 spiro atoms. The normalized spacial score (nSPS) is 11.8. The van der Waals surface area contributed by atoms with E-state index in [1.165, 1.54) is 0 Å². The number of aliphatic hydroxyl groups is 1. The maximum absolute atomic E-state index is 12.1. The van der Waals surface area contributed by atoms with Gasteiger partial charge in [0.25, 0.3) is 0 Å². The largest absolute Gasteiger partial charge is 0.395 e. The van der Waals surface area contributed by atoms with Crippen molar-refractivity contribution in [3.8, 4) is 5.69 Å². The number of hydrogen-bond donors (Lipinski definition) is 3. The summed E-state index contributed by atoms with van der Waals surface area (Å²) in [4.78, 5) is 12.1. The second-order valence-corrected chi connectivity index (χ2v) is 5.77. The van der Waals surface area contributed by atoms with Crippen LogP contribution in [0, 0.1) is 12.8 Å². The van der Waals surface area contributed by atoms with Crippen LogP contribution in [0.4, 0.5) is 5.69 Å². The molecule has 6 nitrogen and oxygen atoms in total. The van der Waals surface area contributed by atoms with E-state index in [9.17, 15) is 9.90 Å². The Bertz CT molecular complexity index is 874. The molecule has 1 amide bonds. The minimum Gasteiger partial charge on any atom is -0.395 e. The number of rotatable bonds is 5. The molecule has 0 saturated heterocycles. The minimum absolute atomic E-state index is 0. The van der Waals surface area contributed by atoms with E-state index < -0.39 is 5.92 Å². The second-order valence-electron chi connectivity index (χ2n) is 5.77. The molecule has 1 aromatic heterocycles. The first-order chi connectivity index (χ1) is 11.6. The Morgan fingerprint density at radius 3 is 2.80 bits per heavy atom. The van der Waals surface area contributed by atoms with Crippen molar-refractivity contribution < 1.29 is 9.90 Å². The summed E-state index contributed by atoms with van der Waals surface area (Å²) in [5.74, 6) is -0.900. The van der Waals surface area contributed by atoms with Crippen molar-refractivity contribution in [3.05, 3.63) is 54.2 Å². The number of nitrogens with zero attached hydrogens (tertiary/aromatic N) is 2. The van der Waals surface area contributed by atoms with Crippen molar-refractivity contribution in [2.45, 2.75) is 6.92 Å². The molecule has 0 unspecified atom stereocenters. The van der Waals surface area contributed by atoms with Crippen LogP contribution in [-0.4, -0.2) is 33.9 Å². The molecule has 0 radical (unpaired) electrons. The number of amides is 1. The first-order valence-corrected chi connectivity index (χ1v) is 7.79. The van der Waals surface area contributed by atoms with Crippen molar-refractivity contribution in [2.24, 2.45) is 11.7 Å². The molecule has 0 aliphatic carbocycles. The number of aryl methyl sites for hydroxylation is 1. The molecule has 3 aromatic rings. The fourth-order valence-electron chi connectivity index (χ4n) is 2.57. The van der Waals surface area contributed by atoms with Gasteiger partial charge in [0.05, 0.1) is 29.9 Å². The van der Waals surface area contributed by atoms with Gasteiger partial charge in [-0.05, 0) is 42.8 Å². The van der Waals surface area contributed by atoms with Crippen molar-refractivity contribution in [2.75, 3.05) is 18.5 Å². The van der Waals surface area contributed by atoms with Crippen LogP contribution in [0.15, 0.2) is 48.7 Å². The topological polar surface area (TPSA) is 93.2 Å². The molecule has 0 fully saturated rings. The Hall–Kier alpha value is -2.41. The average Bonchev–Trinajstić information content (AvgIpc) is 2.99. The maximum atomic E-state index is 12.1. The number of carbonyl (C=O) groups is 1. The van der Waals surface area contributed by atoms with E-state index in [4.69, 9.17) is 5.73 Å².